The average molecular weight is 1110 g/mol. The van der Waals surface area contributed by atoms with Crippen molar-refractivity contribution in [3.05, 3.63) is 234 Å². The van der Waals surface area contributed by atoms with E-state index in [4.69, 9.17) is 0 Å². The van der Waals surface area contributed by atoms with Gasteiger partial charge in [0.2, 0.25) is 0 Å². The molecular formula is C69H73N15. The molecule has 0 aliphatic heterocycles. The summed E-state index contributed by atoms with van der Waals surface area (Å²) >= 11 is 0. The molecule has 0 amide bonds. The SMILES string of the molecule is C.C.Cc1[nH]cc2c1-c1ccccc1C2.Cc1cc2c([nH]1)Cc1ccccc1-2.Cc1cn2c3ccccc3cc2n1C.Cc1nc2c(cn3ccccc23)n1C.Cc1nc2c(nc3ccccn32)n1C.Cc1nc2nc3ccccn3c2n1C. The Morgan fingerprint density at radius 3 is 1.88 bits per heavy atom. The molecule has 0 bridgehead atoms. The Bertz CT molecular complexity index is 4740. The molecule has 0 fully saturated rings. The maximum absolute atomic E-state index is 4.54. The van der Waals surface area contributed by atoms with Crippen LogP contribution in [0.5, 0.6) is 0 Å². The largest absolute Gasteiger partial charge is 0.364 e. The summed E-state index contributed by atoms with van der Waals surface area (Å²) in [5.41, 5.74) is 26.8. The molecule has 2 aliphatic carbocycles. The second-order valence-electron chi connectivity index (χ2n) is 21.5. The van der Waals surface area contributed by atoms with E-state index in [-0.39, 0.29) is 14.9 Å². The van der Waals surface area contributed by atoms with Crippen LogP contribution in [0.4, 0.5) is 0 Å². The minimum absolute atomic E-state index is 0. The first-order valence-corrected chi connectivity index (χ1v) is 27.7. The van der Waals surface area contributed by atoms with E-state index in [0.717, 1.165) is 69.7 Å². The Hall–Kier alpha value is -10.2. The lowest BCUT2D eigenvalue weighted by Crippen LogP contribution is -1.95. The number of H-pyrrole nitrogens is 2. The first-order valence-electron chi connectivity index (χ1n) is 27.7. The first kappa shape index (κ1) is 55.7. The topological polar surface area (TPSA) is 133 Å². The number of hydrogen-bond acceptors (Lipinski definition) is 5. The highest BCUT2D eigenvalue weighted by atomic mass is 15.2. The minimum atomic E-state index is 0. The van der Waals surface area contributed by atoms with Gasteiger partial charge in [0, 0.05) is 118 Å². The van der Waals surface area contributed by atoms with Crippen LogP contribution in [0.1, 0.15) is 71.8 Å². The van der Waals surface area contributed by atoms with Crippen molar-refractivity contribution in [3.63, 3.8) is 0 Å². The number of aryl methyl sites for hydroxylation is 10. The van der Waals surface area contributed by atoms with Gasteiger partial charge in [-0.1, -0.05) is 99.8 Å². The van der Waals surface area contributed by atoms with Gasteiger partial charge in [-0.3, -0.25) is 8.80 Å². The van der Waals surface area contributed by atoms with E-state index < -0.39 is 0 Å². The highest BCUT2D eigenvalue weighted by molar-refractivity contribution is 5.92. The predicted molar refractivity (Wildman–Crippen MR) is 344 cm³/mol. The van der Waals surface area contributed by atoms with E-state index in [9.17, 15) is 0 Å². The number of imidazole rings is 6. The lowest BCUT2D eigenvalue weighted by molar-refractivity contribution is 0.864. The molecule has 18 rings (SSSR count). The summed E-state index contributed by atoms with van der Waals surface area (Å²) in [6.45, 7) is 12.4. The Morgan fingerprint density at radius 1 is 0.464 bits per heavy atom. The van der Waals surface area contributed by atoms with Crippen LogP contribution < -0.4 is 0 Å². The fourth-order valence-corrected chi connectivity index (χ4v) is 11.7. The summed E-state index contributed by atoms with van der Waals surface area (Å²) in [5.74, 6) is 3.03. The molecular weight excluding hydrogens is 1040 g/mol. The Kier molecular flexibility index (Phi) is 14.8. The number of hydrogen-bond donors (Lipinski definition) is 2. The van der Waals surface area contributed by atoms with Crippen molar-refractivity contribution in [1.82, 2.24) is 70.8 Å². The molecule has 2 aliphatic rings. The Balaban J connectivity index is 0.000000105. The van der Waals surface area contributed by atoms with E-state index in [0.29, 0.717) is 0 Å². The molecule has 15 heteroatoms. The van der Waals surface area contributed by atoms with Gasteiger partial charge in [-0.15, -0.1) is 0 Å². The van der Waals surface area contributed by atoms with E-state index in [2.05, 4.69) is 199 Å². The second-order valence-corrected chi connectivity index (χ2v) is 21.5. The number of nitrogens with one attached hydrogen (secondary N) is 2. The molecule has 424 valence electrons. The number of para-hydroxylation sites is 1. The number of aromatic amines is 2. The van der Waals surface area contributed by atoms with Crippen molar-refractivity contribution in [2.24, 2.45) is 28.2 Å². The van der Waals surface area contributed by atoms with Gasteiger partial charge in [0.05, 0.1) is 16.6 Å². The van der Waals surface area contributed by atoms with Gasteiger partial charge in [0.1, 0.15) is 39.9 Å². The number of benzene rings is 3. The molecule has 84 heavy (non-hydrogen) atoms. The van der Waals surface area contributed by atoms with Gasteiger partial charge in [-0.25, -0.2) is 24.9 Å². The summed E-state index contributed by atoms with van der Waals surface area (Å²) in [6.07, 6.45) is 14.6. The quantitative estimate of drug-likeness (QED) is 0.156. The first-order chi connectivity index (χ1) is 39.8. The zero-order valence-corrected chi connectivity index (χ0v) is 48.0. The Morgan fingerprint density at radius 2 is 1.10 bits per heavy atom. The summed E-state index contributed by atoms with van der Waals surface area (Å²) < 4.78 is 16.8. The summed E-state index contributed by atoms with van der Waals surface area (Å²) in [4.78, 5) is 29.0. The number of rotatable bonds is 0. The third kappa shape index (κ3) is 9.70. The van der Waals surface area contributed by atoms with Crippen LogP contribution in [-0.4, -0.2) is 70.8 Å². The predicted octanol–water partition coefficient (Wildman–Crippen LogP) is 15.0. The van der Waals surface area contributed by atoms with Crippen molar-refractivity contribution in [3.8, 4) is 22.3 Å². The molecule has 0 saturated heterocycles. The highest BCUT2D eigenvalue weighted by Gasteiger charge is 2.21. The molecule has 15 nitrogen and oxygen atoms in total. The van der Waals surface area contributed by atoms with Crippen molar-refractivity contribution in [2.75, 3.05) is 0 Å². The molecule has 0 radical (unpaired) electrons. The summed E-state index contributed by atoms with van der Waals surface area (Å²) in [6, 6.07) is 48.3. The van der Waals surface area contributed by atoms with Crippen molar-refractivity contribution >= 4 is 67.0 Å². The molecule has 2 N–H and O–H groups in total. The van der Waals surface area contributed by atoms with Crippen molar-refractivity contribution < 1.29 is 0 Å². The van der Waals surface area contributed by atoms with E-state index in [1.807, 2.05) is 118 Å². The maximum Gasteiger partial charge on any atom is 0.198 e. The smallest absolute Gasteiger partial charge is 0.198 e. The van der Waals surface area contributed by atoms with E-state index in [1.165, 1.54) is 89.3 Å². The van der Waals surface area contributed by atoms with Gasteiger partial charge >= 0.3 is 0 Å². The molecule has 3 aromatic carbocycles. The van der Waals surface area contributed by atoms with E-state index in [1.54, 1.807) is 0 Å². The van der Waals surface area contributed by atoms with E-state index >= 15 is 0 Å². The van der Waals surface area contributed by atoms with Gasteiger partial charge < -0.3 is 37.0 Å². The number of fused-ring (bicyclic) bond motifs is 18. The molecule has 0 unspecified atom stereocenters. The van der Waals surface area contributed by atoms with Gasteiger partial charge in [-0.05, 0) is 124 Å². The second kappa shape index (κ2) is 22.3. The van der Waals surface area contributed by atoms with Crippen LogP contribution >= 0.6 is 0 Å². The third-order valence-electron chi connectivity index (χ3n) is 16.3. The normalized spacial score (nSPS) is 11.6. The fraction of sp³-hybridized carbons (Fsp3) is 0.203. The zero-order valence-electron chi connectivity index (χ0n) is 48.0. The van der Waals surface area contributed by atoms with Gasteiger partial charge in [0.15, 0.2) is 22.6 Å². The summed E-state index contributed by atoms with van der Waals surface area (Å²) in [7, 11) is 8.14. The number of nitrogens with zero attached hydrogens (tertiary/aromatic N) is 13. The van der Waals surface area contributed by atoms with Crippen LogP contribution in [0.15, 0.2) is 177 Å². The Labute approximate surface area is 488 Å². The molecule has 0 atom stereocenters. The molecule has 0 saturated carbocycles. The molecule has 0 spiro atoms. The number of pyridine rings is 3. The van der Waals surface area contributed by atoms with Crippen molar-refractivity contribution in [1.29, 1.82) is 0 Å². The molecule has 13 aromatic heterocycles. The molecule has 16 aromatic rings. The van der Waals surface area contributed by atoms with Crippen LogP contribution in [0.25, 0.3) is 89.2 Å². The third-order valence-corrected chi connectivity index (χ3v) is 16.3. The highest BCUT2D eigenvalue weighted by Crippen LogP contribution is 2.39. The van der Waals surface area contributed by atoms with Crippen LogP contribution in [0, 0.1) is 41.5 Å². The fourth-order valence-electron chi connectivity index (χ4n) is 11.7. The monoisotopic (exact) mass is 1110 g/mol. The maximum atomic E-state index is 4.54. The lowest BCUT2D eigenvalue weighted by Gasteiger charge is -1.99. The zero-order chi connectivity index (χ0) is 56.5. The summed E-state index contributed by atoms with van der Waals surface area (Å²) in [5, 5.41) is 1.30. The average Bonchev–Trinajstić information content (AvgIpc) is 4.45. The van der Waals surface area contributed by atoms with Gasteiger partial charge in [-0.2, -0.15) is 0 Å². The van der Waals surface area contributed by atoms with Crippen LogP contribution in [0.2, 0.25) is 0 Å². The van der Waals surface area contributed by atoms with Gasteiger partial charge in [0.25, 0.3) is 0 Å². The lowest BCUT2D eigenvalue weighted by atomic mass is 10.1. The standard InChI is InChI=1S/C12H12N2.2C12H11N.C11H11N3.2C10H10N4.2CH4/c1-9-8-14-11-6-4-3-5-10(11)7-12(14)13(9)2;1-8-12-10(7-13-8)6-9-4-2-3-5-11(9)12;1-8-6-11-10-5-3-2-4-9(10)7-12(11)13-8;1-8-12-11-9-5-3-4-6-14(9)7-10(11)13(8)2;1-7-11-10-9(13(7)2)12-8-5-3-4-6-14(8)10;1-7-11-9-10(13(7)2)14-6-4-3-5-8(14)12-9;;/h3-8H,1-2H3;2-5,7,13H,6H2,1H3;2-6,13H,7H2,1H3;3-7H,1-2H3;2*3-6H,1-2H3;2*1H4. The molecule has 13 heterocycles. The van der Waals surface area contributed by atoms with Crippen LogP contribution in [-0.2, 0) is 41.0 Å². The van der Waals surface area contributed by atoms with Crippen molar-refractivity contribution in [2.45, 2.75) is 69.2 Å². The number of aromatic nitrogens is 15. The van der Waals surface area contributed by atoms with Crippen LogP contribution in [0.3, 0.4) is 0 Å². The minimum Gasteiger partial charge on any atom is -0.364 e.